The lowest BCUT2D eigenvalue weighted by Gasteiger charge is -2.16. The molecule has 3 N–H and O–H groups in total. The molecule has 0 aliphatic carbocycles. The standard InChI is InChI=1S/C9H5F6NO2/c10-8(11,12)4-2-1-3(7(16)18)5(6(4)17)9(13,14)15/h1-2,17H,(H2,16,18). The van der Waals surface area contributed by atoms with Gasteiger partial charge in [-0.1, -0.05) is 0 Å². The SMILES string of the molecule is NC(=O)c1ccc(C(F)(F)F)c(O)c1C(F)(F)F. The van der Waals surface area contributed by atoms with Gasteiger partial charge in [-0.05, 0) is 12.1 Å². The third-order valence-electron chi connectivity index (χ3n) is 2.03. The molecule has 9 heteroatoms. The Bertz CT molecular complexity index is 491. The van der Waals surface area contributed by atoms with E-state index in [-0.39, 0.29) is 12.1 Å². The Morgan fingerprint density at radius 2 is 1.56 bits per heavy atom. The molecule has 0 saturated carbocycles. The van der Waals surface area contributed by atoms with Gasteiger partial charge in [0.25, 0.3) is 0 Å². The Morgan fingerprint density at radius 3 is 1.89 bits per heavy atom. The van der Waals surface area contributed by atoms with Crippen LogP contribution in [0.4, 0.5) is 26.3 Å². The van der Waals surface area contributed by atoms with E-state index in [0.29, 0.717) is 0 Å². The summed E-state index contributed by atoms with van der Waals surface area (Å²) in [5.41, 5.74) is -0.603. The van der Waals surface area contributed by atoms with Crippen LogP contribution in [0.5, 0.6) is 5.75 Å². The van der Waals surface area contributed by atoms with Crippen molar-refractivity contribution in [1.82, 2.24) is 0 Å². The number of alkyl halides is 6. The highest BCUT2D eigenvalue weighted by atomic mass is 19.4. The predicted molar refractivity (Wildman–Crippen MR) is 46.6 cm³/mol. The van der Waals surface area contributed by atoms with E-state index in [2.05, 4.69) is 5.73 Å². The molecular formula is C9H5F6NO2. The van der Waals surface area contributed by atoms with Crippen molar-refractivity contribution in [3.8, 4) is 5.75 Å². The minimum absolute atomic E-state index is 0.157. The second-order valence-electron chi connectivity index (χ2n) is 3.24. The van der Waals surface area contributed by atoms with Crippen molar-refractivity contribution in [3.63, 3.8) is 0 Å². The number of halogens is 6. The minimum atomic E-state index is -5.34. The molecule has 3 nitrogen and oxygen atoms in total. The summed E-state index contributed by atoms with van der Waals surface area (Å²) in [6, 6.07) is 0.429. The van der Waals surface area contributed by atoms with Crippen molar-refractivity contribution < 1.29 is 36.2 Å². The van der Waals surface area contributed by atoms with Crippen molar-refractivity contribution in [1.29, 1.82) is 0 Å². The number of primary amides is 1. The normalized spacial score (nSPS) is 12.6. The van der Waals surface area contributed by atoms with Crippen LogP contribution in [-0.2, 0) is 12.4 Å². The summed E-state index contributed by atoms with van der Waals surface area (Å²) in [5, 5.41) is 9.04. The van der Waals surface area contributed by atoms with Gasteiger partial charge in [0.15, 0.2) is 0 Å². The molecule has 0 aliphatic rings. The van der Waals surface area contributed by atoms with Crippen LogP contribution < -0.4 is 5.73 Å². The summed E-state index contributed by atoms with van der Waals surface area (Å²) in [4.78, 5) is 10.7. The molecule has 0 atom stereocenters. The first kappa shape index (κ1) is 14.1. The third-order valence-corrected chi connectivity index (χ3v) is 2.03. The van der Waals surface area contributed by atoms with Crippen LogP contribution in [0.3, 0.4) is 0 Å². The highest BCUT2D eigenvalue weighted by Crippen LogP contribution is 2.44. The lowest BCUT2D eigenvalue weighted by molar-refractivity contribution is -0.145. The Labute approximate surface area is 95.8 Å². The number of benzene rings is 1. The Balaban J connectivity index is 3.67. The smallest absolute Gasteiger partial charge is 0.420 e. The maximum absolute atomic E-state index is 12.5. The zero-order valence-corrected chi connectivity index (χ0v) is 8.36. The molecule has 0 aliphatic heterocycles. The zero-order chi connectivity index (χ0) is 14.3. The average molecular weight is 273 g/mol. The van der Waals surface area contributed by atoms with Crippen LogP contribution in [0, 0.1) is 0 Å². The maximum atomic E-state index is 12.5. The van der Waals surface area contributed by atoms with Crippen LogP contribution in [0.15, 0.2) is 12.1 Å². The second kappa shape index (κ2) is 4.07. The first-order chi connectivity index (χ1) is 7.96. The van der Waals surface area contributed by atoms with Crippen molar-refractivity contribution in [2.24, 2.45) is 5.73 Å². The van der Waals surface area contributed by atoms with E-state index in [9.17, 15) is 31.1 Å². The summed E-state index contributed by atoms with van der Waals surface area (Å²) >= 11 is 0. The van der Waals surface area contributed by atoms with Crippen molar-refractivity contribution in [3.05, 3.63) is 28.8 Å². The number of carbonyl (C=O) groups excluding carboxylic acids is 1. The van der Waals surface area contributed by atoms with E-state index >= 15 is 0 Å². The number of hydrogen-bond acceptors (Lipinski definition) is 2. The molecular weight excluding hydrogens is 268 g/mol. The van der Waals surface area contributed by atoms with Gasteiger partial charge in [-0.15, -0.1) is 0 Å². The number of rotatable bonds is 1. The number of hydrogen-bond donors (Lipinski definition) is 2. The molecule has 0 radical (unpaired) electrons. The van der Waals surface area contributed by atoms with Crippen LogP contribution >= 0.6 is 0 Å². The Morgan fingerprint density at radius 1 is 1.06 bits per heavy atom. The van der Waals surface area contributed by atoms with Crippen LogP contribution in [0.25, 0.3) is 0 Å². The summed E-state index contributed by atoms with van der Waals surface area (Å²) in [6.45, 7) is 0. The third kappa shape index (κ3) is 2.49. The van der Waals surface area contributed by atoms with E-state index in [1.807, 2.05) is 0 Å². The van der Waals surface area contributed by atoms with Gasteiger partial charge >= 0.3 is 12.4 Å². The quantitative estimate of drug-likeness (QED) is 0.772. The molecule has 0 unspecified atom stereocenters. The molecule has 0 aromatic heterocycles. The number of aromatic hydroxyl groups is 1. The van der Waals surface area contributed by atoms with Gasteiger partial charge in [-0.3, -0.25) is 4.79 Å². The fourth-order valence-electron chi connectivity index (χ4n) is 1.31. The van der Waals surface area contributed by atoms with Gasteiger partial charge < -0.3 is 10.8 Å². The van der Waals surface area contributed by atoms with Crippen LogP contribution in [0.1, 0.15) is 21.5 Å². The van der Waals surface area contributed by atoms with E-state index in [1.165, 1.54) is 0 Å². The lowest BCUT2D eigenvalue weighted by Crippen LogP contribution is -2.20. The maximum Gasteiger partial charge on any atom is 0.420 e. The highest BCUT2D eigenvalue weighted by molar-refractivity contribution is 5.95. The first-order valence-electron chi connectivity index (χ1n) is 4.26. The largest absolute Gasteiger partial charge is 0.507 e. The van der Waals surface area contributed by atoms with Crippen LogP contribution in [-0.4, -0.2) is 11.0 Å². The summed E-state index contributed by atoms with van der Waals surface area (Å²) in [5.74, 6) is -3.65. The van der Waals surface area contributed by atoms with Gasteiger partial charge in [0.1, 0.15) is 11.3 Å². The molecule has 0 bridgehead atoms. The number of nitrogens with two attached hydrogens (primary N) is 1. The predicted octanol–water partition coefficient (Wildman–Crippen LogP) is 2.53. The lowest BCUT2D eigenvalue weighted by atomic mass is 10.0. The fourth-order valence-corrected chi connectivity index (χ4v) is 1.31. The van der Waals surface area contributed by atoms with Gasteiger partial charge in [0.2, 0.25) is 5.91 Å². The van der Waals surface area contributed by atoms with Gasteiger partial charge in [0.05, 0.1) is 11.1 Å². The van der Waals surface area contributed by atoms with Gasteiger partial charge in [-0.25, -0.2) is 0 Å². The average Bonchev–Trinajstić information content (AvgIpc) is 2.12. The molecule has 1 aromatic carbocycles. The van der Waals surface area contributed by atoms with Gasteiger partial charge in [-0.2, -0.15) is 26.3 Å². The van der Waals surface area contributed by atoms with Crippen molar-refractivity contribution in [2.75, 3.05) is 0 Å². The molecule has 1 amide bonds. The van der Waals surface area contributed by atoms with E-state index in [1.54, 1.807) is 0 Å². The Kier molecular flexibility index (Phi) is 3.20. The monoisotopic (exact) mass is 273 g/mol. The first-order valence-corrected chi connectivity index (χ1v) is 4.26. The molecule has 1 rings (SSSR count). The number of carbonyl (C=O) groups is 1. The summed E-state index contributed by atoms with van der Waals surface area (Å²) in [7, 11) is 0. The summed E-state index contributed by atoms with van der Waals surface area (Å²) in [6.07, 6.45) is -10.5. The van der Waals surface area contributed by atoms with E-state index in [4.69, 9.17) is 5.11 Å². The van der Waals surface area contributed by atoms with Crippen LogP contribution in [0.2, 0.25) is 0 Å². The molecule has 0 saturated heterocycles. The molecule has 100 valence electrons. The molecule has 0 heterocycles. The number of amides is 1. The summed E-state index contributed by atoms with van der Waals surface area (Å²) < 4.78 is 74.4. The number of phenolic OH excluding ortho intramolecular Hbond substituents is 1. The fraction of sp³-hybridized carbons (Fsp3) is 0.222. The van der Waals surface area contributed by atoms with E-state index in [0.717, 1.165) is 0 Å². The zero-order valence-electron chi connectivity index (χ0n) is 8.36. The molecule has 0 spiro atoms. The topological polar surface area (TPSA) is 63.3 Å². The van der Waals surface area contributed by atoms with Crippen molar-refractivity contribution >= 4 is 5.91 Å². The second-order valence-corrected chi connectivity index (χ2v) is 3.24. The van der Waals surface area contributed by atoms with Crippen molar-refractivity contribution in [2.45, 2.75) is 12.4 Å². The minimum Gasteiger partial charge on any atom is -0.507 e. The molecule has 1 aromatic rings. The van der Waals surface area contributed by atoms with E-state index < -0.39 is 40.7 Å². The number of phenols is 1. The van der Waals surface area contributed by atoms with Gasteiger partial charge in [0, 0.05) is 0 Å². The molecule has 18 heavy (non-hydrogen) atoms. The highest BCUT2D eigenvalue weighted by Gasteiger charge is 2.43. The Hall–Kier alpha value is -1.93. The molecule has 0 fully saturated rings.